The Bertz CT molecular complexity index is 306. The molecule has 0 bridgehead atoms. The van der Waals surface area contributed by atoms with Gasteiger partial charge in [-0.25, -0.2) is 4.79 Å². The van der Waals surface area contributed by atoms with Gasteiger partial charge in [-0.05, 0) is 26.8 Å². The average Bonchev–Trinajstić information content (AvgIpc) is 2.47. The number of carbonyl (C=O) groups excluding carboxylic acids is 1. The standard InChI is InChI=1S/C9H16N4O/c1-6(2)11-9(14)10-5-8-4-7(3)12-13-8/h4,6H,5H2,1-3H3,(H,12,13)(H2,10,11,14). The first-order valence-electron chi connectivity index (χ1n) is 4.63. The predicted molar refractivity (Wildman–Crippen MR) is 53.8 cm³/mol. The maximum atomic E-state index is 11.2. The molecule has 5 heteroatoms. The van der Waals surface area contributed by atoms with Crippen LogP contribution in [0.2, 0.25) is 0 Å². The van der Waals surface area contributed by atoms with E-state index < -0.39 is 0 Å². The molecule has 0 saturated heterocycles. The molecule has 1 aromatic heterocycles. The molecular weight excluding hydrogens is 180 g/mol. The first-order valence-corrected chi connectivity index (χ1v) is 4.63. The molecule has 14 heavy (non-hydrogen) atoms. The van der Waals surface area contributed by atoms with Crippen LogP contribution in [-0.2, 0) is 6.54 Å². The summed E-state index contributed by atoms with van der Waals surface area (Å²) in [6.07, 6.45) is 0. The van der Waals surface area contributed by atoms with Crippen LogP contribution in [0, 0.1) is 6.92 Å². The lowest BCUT2D eigenvalue weighted by Crippen LogP contribution is -2.39. The van der Waals surface area contributed by atoms with E-state index in [9.17, 15) is 4.79 Å². The molecule has 0 saturated carbocycles. The summed E-state index contributed by atoms with van der Waals surface area (Å²) in [7, 11) is 0. The summed E-state index contributed by atoms with van der Waals surface area (Å²) in [4.78, 5) is 11.2. The highest BCUT2D eigenvalue weighted by molar-refractivity contribution is 5.73. The molecule has 1 aromatic rings. The zero-order valence-corrected chi connectivity index (χ0v) is 8.72. The molecule has 1 rings (SSSR count). The van der Waals surface area contributed by atoms with Crippen molar-refractivity contribution < 1.29 is 4.79 Å². The fourth-order valence-corrected chi connectivity index (χ4v) is 1.05. The highest BCUT2D eigenvalue weighted by atomic mass is 16.2. The molecular formula is C9H16N4O. The lowest BCUT2D eigenvalue weighted by atomic mass is 10.4. The quantitative estimate of drug-likeness (QED) is 0.673. The molecule has 0 aliphatic rings. The van der Waals surface area contributed by atoms with Crippen LogP contribution in [0.4, 0.5) is 4.79 Å². The number of aromatic amines is 1. The van der Waals surface area contributed by atoms with Gasteiger partial charge in [-0.2, -0.15) is 5.10 Å². The van der Waals surface area contributed by atoms with Crippen molar-refractivity contribution in [2.75, 3.05) is 0 Å². The van der Waals surface area contributed by atoms with Gasteiger partial charge in [0.1, 0.15) is 0 Å². The van der Waals surface area contributed by atoms with Crippen LogP contribution in [0.5, 0.6) is 0 Å². The van der Waals surface area contributed by atoms with Gasteiger partial charge in [0.2, 0.25) is 0 Å². The van der Waals surface area contributed by atoms with Crippen molar-refractivity contribution in [1.29, 1.82) is 0 Å². The summed E-state index contributed by atoms with van der Waals surface area (Å²) in [6.45, 7) is 6.20. The van der Waals surface area contributed by atoms with E-state index in [0.717, 1.165) is 11.4 Å². The third kappa shape index (κ3) is 3.47. The van der Waals surface area contributed by atoms with Gasteiger partial charge in [0, 0.05) is 11.7 Å². The molecule has 0 unspecified atom stereocenters. The van der Waals surface area contributed by atoms with Crippen LogP contribution >= 0.6 is 0 Å². The molecule has 5 nitrogen and oxygen atoms in total. The molecule has 0 aromatic carbocycles. The molecule has 1 heterocycles. The monoisotopic (exact) mass is 196 g/mol. The molecule has 0 spiro atoms. The second-order valence-corrected chi connectivity index (χ2v) is 3.52. The number of aryl methyl sites for hydroxylation is 1. The third-order valence-electron chi connectivity index (χ3n) is 1.61. The number of H-pyrrole nitrogens is 1. The van der Waals surface area contributed by atoms with Gasteiger partial charge in [0.05, 0.1) is 12.2 Å². The Labute approximate surface area is 83.3 Å². The van der Waals surface area contributed by atoms with Crippen molar-refractivity contribution in [3.63, 3.8) is 0 Å². The molecule has 0 aliphatic carbocycles. The molecule has 78 valence electrons. The Hall–Kier alpha value is -1.52. The molecule has 0 fully saturated rings. The predicted octanol–water partition coefficient (Wildman–Crippen LogP) is 0.926. The fourth-order valence-electron chi connectivity index (χ4n) is 1.05. The lowest BCUT2D eigenvalue weighted by Gasteiger charge is -2.08. The second-order valence-electron chi connectivity index (χ2n) is 3.52. The van der Waals surface area contributed by atoms with Crippen LogP contribution in [0.1, 0.15) is 25.2 Å². The average molecular weight is 196 g/mol. The number of rotatable bonds is 3. The molecule has 0 atom stereocenters. The number of aromatic nitrogens is 2. The third-order valence-corrected chi connectivity index (χ3v) is 1.61. The highest BCUT2D eigenvalue weighted by Crippen LogP contribution is 1.96. The van der Waals surface area contributed by atoms with Crippen LogP contribution in [0.25, 0.3) is 0 Å². The Morgan fingerprint density at radius 3 is 2.86 bits per heavy atom. The number of hydrogen-bond acceptors (Lipinski definition) is 2. The van der Waals surface area contributed by atoms with Crippen LogP contribution in [0.3, 0.4) is 0 Å². The van der Waals surface area contributed by atoms with Gasteiger partial charge in [-0.3, -0.25) is 5.10 Å². The smallest absolute Gasteiger partial charge is 0.315 e. The number of hydrogen-bond donors (Lipinski definition) is 3. The summed E-state index contributed by atoms with van der Waals surface area (Å²) < 4.78 is 0. The van der Waals surface area contributed by atoms with Crippen LogP contribution in [0.15, 0.2) is 6.07 Å². The molecule has 3 N–H and O–H groups in total. The topological polar surface area (TPSA) is 69.8 Å². The van der Waals surface area contributed by atoms with Crippen LogP contribution in [-0.4, -0.2) is 22.3 Å². The van der Waals surface area contributed by atoms with Gasteiger partial charge in [-0.1, -0.05) is 0 Å². The van der Waals surface area contributed by atoms with E-state index in [-0.39, 0.29) is 12.1 Å². The molecule has 0 aliphatic heterocycles. The van der Waals surface area contributed by atoms with Gasteiger partial charge in [0.15, 0.2) is 0 Å². The van der Waals surface area contributed by atoms with Crippen molar-refractivity contribution in [2.45, 2.75) is 33.4 Å². The van der Waals surface area contributed by atoms with E-state index in [1.54, 1.807) is 0 Å². The number of carbonyl (C=O) groups is 1. The minimum atomic E-state index is -0.166. The van der Waals surface area contributed by atoms with Crippen molar-refractivity contribution in [2.24, 2.45) is 0 Å². The SMILES string of the molecule is Cc1cc(CNC(=O)NC(C)C)n[nH]1. The Morgan fingerprint density at radius 1 is 1.64 bits per heavy atom. The van der Waals surface area contributed by atoms with Gasteiger partial charge >= 0.3 is 6.03 Å². The van der Waals surface area contributed by atoms with E-state index in [1.807, 2.05) is 26.8 Å². The Balaban J connectivity index is 2.30. The van der Waals surface area contributed by atoms with E-state index in [4.69, 9.17) is 0 Å². The Morgan fingerprint density at radius 2 is 2.36 bits per heavy atom. The minimum Gasteiger partial charge on any atom is -0.336 e. The van der Waals surface area contributed by atoms with Crippen LogP contribution < -0.4 is 10.6 Å². The fraction of sp³-hybridized carbons (Fsp3) is 0.556. The summed E-state index contributed by atoms with van der Waals surface area (Å²) in [5.74, 6) is 0. The summed E-state index contributed by atoms with van der Waals surface area (Å²) in [5.41, 5.74) is 1.83. The number of nitrogens with one attached hydrogen (secondary N) is 3. The van der Waals surface area contributed by atoms with Gasteiger partial charge in [0.25, 0.3) is 0 Å². The largest absolute Gasteiger partial charge is 0.336 e. The lowest BCUT2D eigenvalue weighted by molar-refractivity contribution is 0.238. The normalized spacial score (nSPS) is 10.3. The van der Waals surface area contributed by atoms with E-state index >= 15 is 0 Å². The summed E-state index contributed by atoms with van der Waals surface area (Å²) in [6, 6.07) is 1.88. The van der Waals surface area contributed by atoms with Crippen molar-refractivity contribution in [3.05, 3.63) is 17.5 Å². The summed E-state index contributed by atoms with van der Waals surface area (Å²) in [5, 5.41) is 12.3. The van der Waals surface area contributed by atoms with Crippen molar-refractivity contribution in [3.8, 4) is 0 Å². The second kappa shape index (κ2) is 4.64. The maximum absolute atomic E-state index is 11.2. The first kappa shape index (κ1) is 10.6. The molecule has 2 amide bonds. The minimum absolute atomic E-state index is 0.149. The van der Waals surface area contributed by atoms with Gasteiger partial charge < -0.3 is 10.6 Å². The zero-order chi connectivity index (χ0) is 10.6. The van der Waals surface area contributed by atoms with E-state index in [0.29, 0.717) is 6.54 Å². The Kier molecular flexibility index (Phi) is 3.50. The zero-order valence-electron chi connectivity index (χ0n) is 8.72. The first-order chi connectivity index (χ1) is 6.58. The number of amides is 2. The van der Waals surface area contributed by atoms with Crippen molar-refractivity contribution in [1.82, 2.24) is 20.8 Å². The van der Waals surface area contributed by atoms with E-state index in [1.165, 1.54) is 0 Å². The molecule has 0 radical (unpaired) electrons. The van der Waals surface area contributed by atoms with Crippen molar-refractivity contribution >= 4 is 6.03 Å². The van der Waals surface area contributed by atoms with Gasteiger partial charge in [-0.15, -0.1) is 0 Å². The summed E-state index contributed by atoms with van der Waals surface area (Å²) >= 11 is 0. The van der Waals surface area contributed by atoms with E-state index in [2.05, 4.69) is 20.8 Å². The highest BCUT2D eigenvalue weighted by Gasteiger charge is 2.03. The number of nitrogens with zero attached hydrogens (tertiary/aromatic N) is 1. The number of urea groups is 1. The maximum Gasteiger partial charge on any atom is 0.315 e.